The van der Waals surface area contributed by atoms with E-state index in [1.165, 1.54) is 50.7 Å². The molecule has 1 aromatic carbocycles. The lowest BCUT2D eigenvalue weighted by atomic mass is 10.0. The highest BCUT2D eigenvalue weighted by molar-refractivity contribution is 7.90. The summed E-state index contributed by atoms with van der Waals surface area (Å²) in [5.74, 6) is -0.406. The molecule has 0 bridgehead atoms. The molecular formula is C23H26N6O4S2. The van der Waals surface area contributed by atoms with E-state index in [1.807, 2.05) is 10.1 Å². The largest absolute Gasteiger partial charge is 0.334 e. The minimum atomic E-state index is -4.27. The predicted molar refractivity (Wildman–Crippen MR) is 130 cm³/mol. The minimum absolute atomic E-state index is 0.0865. The van der Waals surface area contributed by atoms with Gasteiger partial charge in [-0.05, 0) is 54.4 Å². The van der Waals surface area contributed by atoms with Gasteiger partial charge >= 0.3 is 6.03 Å². The number of sulfonamides is 1. The van der Waals surface area contributed by atoms with Crippen LogP contribution < -0.4 is 10.0 Å². The number of benzene rings is 1. The summed E-state index contributed by atoms with van der Waals surface area (Å²) in [5, 5.41) is 8.94. The highest BCUT2D eigenvalue weighted by Gasteiger charge is 2.30. The molecule has 0 fully saturated rings. The molecule has 2 aliphatic carbocycles. The average Bonchev–Trinajstić information content (AvgIpc) is 3.59. The van der Waals surface area contributed by atoms with Crippen LogP contribution in [-0.4, -0.2) is 47.1 Å². The smallest absolute Gasteiger partial charge is 0.329 e. The van der Waals surface area contributed by atoms with Crippen molar-refractivity contribution in [1.82, 2.24) is 29.7 Å². The Morgan fingerprint density at radius 1 is 1.17 bits per heavy atom. The van der Waals surface area contributed by atoms with E-state index in [1.54, 1.807) is 13.2 Å². The van der Waals surface area contributed by atoms with E-state index in [4.69, 9.17) is 0 Å². The van der Waals surface area contributed by atoms with Gasteiger partial charge in [-0.15, -0.1) is 11.3 Å². The maximum atomic E-state index is 12.8. The van der Waals surface area contributed by atoms with Crippen LogP contribution >= 0.6 is 11.3 Å². The van der Waals surface area contributed by atoms with Crippen LogP contribution in [0.2, 0.25) is 0 Å². The van der Waals surface area contributed by atoms with E-state index < -0.39 is 27.0 Å². The van der Waals surface area contributed by atoms with Crippen molar-refractivity contribution in [3.05, 3.63) is 62.7 Å². The second kappa shape index (κ2) is 9.08. The van der Waals surface area contributed by atoms with Crippen molar-refractivity contribution in [2.45, 2.75) is 49.7 Å². The molecule has 0 aliphatic heterocycles. The average molecular weight is 515 g/mol. The first kappa shape index (κ1) is 23.5. The number of nitrogens with one attached hydrogen (secondary N) is 2. The quantitative estimate of drug-likeness (QED) is 0.520. The molecule has 1 atom stereocenters. The van der Waals surface area contributed by atoms with E-state index in [2.05, 4.69) is 27.5 Å². The molecule has 184 valence electrons. The van der Waals surface area contributed by atoms with Gasteiger partial charge in [-0.25, -0.2) is 14.5 Å². The number of aryl methyl sites for hydroxylation is 4. The lowest BCUT2D eigenvalue weighted by Crippen LogP contribution is -2.40. The second-order valence-electron chi connectivity index (χ2n) is 8.92. The molecule has 2 aliphatic rings. The minimum Gasteiger partial charge on any atom is -0.334 e. The van der Waals surface area contributed by atoms with Gasteiger partial charge in [0.1, 0.15) is 10.7 Å². The molecule has 2 N–H and O–H groups in total. The van der Waals surface area contributed by atoms with Crippen molar-refractivity contribution in [3.63, 3.8) is 0 Å². The number of aromatic nitrogens is 3. The summed E-state index contributed by atoms with van der Waals surface area (Å²) in [5.41, 5.74) is 5.06. The van der Waals surface area contributed by atoms with Crippen molar-refractivity contribution in [1.29, 1.82) is 0 Å². The molecule has 10 nitrogen and oxygen atoms in total. The molecule has 0 saturated carbocycles. The van der Waals surface area contributed by atoms with Crippen molar-refractivity contribution < 1.29 is 18.0 Å². The standard InChI is InChI=1S/C23H26N6O4S2/c1-28(13-20-24-8-9-34-20)22(30)19-12-21(26-29(19)2)35(32,33)27-23(31)25-18-7-6-16-10-14-4-3-5-15(14)11-17(16)18/h8-12,18H,3-7,13H2,1-2H3,(H2,25,27,31). The zero-order valence-corrected chi connectivity index (χ0v) is 21.1. The fraction of sp³-hybridized carbons (Fsp3) is 0.391. The van der Waals surface area contributed by atoms with Gasteiger partial charge in [0, 0.05) is 31.7 Å². The second-order valence-corrected chi connectivity index (χ2v) is 11.5. The van der Waals surface area contributed by atoms with E-state index in [-0.39, 0.29) is 18.3 Å². The number of thiazole rings is 1. The van der Waals surface area contributed by atoms with Crippen LogP contribution in [0.15, 0.2) is 34.8 Å². The number of amides is 3. The number of urea groups is 1. The van der Waals surface area contributed by atoms with Crippen LogP contribution in [0, 0.1) is 0 Å². The predicted octanol–water partition coefficient (Wildman–Crippen LogP) is 2.31. The number of fused-ring (bicyclic) bond motifs is 2. The third-order valence-corrected chi connectivity index (χ3v) is 8.49. The Morgan fingerprint density at radius 2 is 1.94 bits per heavy atom. The summed E-state index contributed by atoms with van der Waals surface area (Å²) in [7, 11) is -1.19. The van der Waals surface area contributed by atoms with Crippen LogP contribution in [-0.2, 0) is 42.9 Å². The van der Waals surface area contributed by atoms with Crippen LogP contribution in [0.5, 0.6) is 0 Å². The zero-order valence-electron chi connectivity index (χ0n) is 19.4. The molecule has 35 heavy (non-hydrogen) atoms. The molecule has 0 spiro atoms. The van der Waals surface area contributed by atoms with Crippen LogP contribution in [0.4, 0.5) is 4.79 Å². The molecule has 0 saturated heterocycles. The van der Waals surface area contributed by atoms with Crippen molar-refractivity contribution in [3.8, 4) is 0 Å². The molecule has 2 aromatic heterocycles. The Kier molecular flexibility index (Phi) is 6.09. The van der Waals surface area contributed by atoms with Crippen molar-refractivity contribution in [2.24, 2.45) is 7.05 Å². The molecule has 2 heterocycles. The normalized spacial score (nSPS) is 16.6. The number of carbonyl (C=O) groups is 2. The van der Waals surface area contributed by atoms with E-state index >= 15 is 0 Å². The van der Waals surface area contributed by atoms with E-state index in [0.717, 1.165) is 42.7 Å². The molecule has 12 heteroatoms. The molecular weight excluding hydrogens is 488 g/mol. The summed E-state index contributed by atoms with van der Waals surface area (Å²) in [6, 6.07) is 4.49. The Bertz CT molecular complexity index is 1400. The first-order chi connectivity index (χ1) is 16.7. The van der Waals surface area contributed by atoms with Crippen molar-refractivity contribution in [2.75, 3.05) is 7.05 Å². The highest BCUT2D eigenvalue weighted by Crippen LogP contribution is 2.36. The Morgan fingerprint density at radius 3 is 2.69 bits per heavy atom. The molecule has 1 unspecified atom stereocenters. The van der Waals surface area contributed by atoms with Crippen molar-refractivity contribution >= 4 is 33.3 Å². The Balaban J connectivity index is 1.26. The maximum absolute atomic E-state index is 12.8. The fourth-order valence-electron chi connectivity index (χ4n) is 4.78. The first-order valence-electron chi connectivity index (χ1n) is 11.4. The fourth-order valence-corrected chi connectivity index (χ4v) is 6.35. The molecule has 5 rings (SSSR count). The maximum Gasteiger partial charge on any atom is 0.329 e. The summed E-state index contributed by atoms with van der Waals surface area (Å²) in [6.07, 6.45) is 6.50. The van der Waals surface area contributed by atoms with Gasteiger partial charge < -0.3 is 10.2 Å². The SMILES string of the molecule is CN(Cc1nccs1)C(=O)c1cc(S(=O)(=O)NC(=O)NC2CCc3cc4c(cc32)CCC4)nn1C. The number of hydrogen-bond donors (Lipinski definition) is 2. The van der Waals surface area contributed by atoms with Gasteiger partial charge in [0.2, 0.25) is 0 Å². The number of carbonyl (C=O) groups excluding carboxylic acids is 2. The summed E-state index contributed by atoms with van der Waals surface area (Å²) in [4.78, 5) is 31.0. The zero-order chi connectivity index (χ0) is 24.7. The third kappa shape index (κ3) is 4.67. The topological polar surface area (TPSA) is 126 Å². The van der Waals surface area contributed by atoms with E-state index in [0.29, 0.717) is 0 Å². The highest BCUT2D eigenvalue weighted by atomic mass is 32.2. The summed E-state index contributed by atoms with van der Waals surface area (Å²) >= 11 is 1.42. The molecule has 0 radical (unpaired) electrons. The van der Waals surface area contributed by atoms with Gasteiger partial charge in [-0.2, -0.15) is 13.5 Å². The Hall–Kier alpha value is -3.25. The summed E-state index contributed by atoms with van der Waals surface area (Å²) < 4.78 is 28.9. The lowest BCUT2D eigenvalue weighted by Gasteiger charge is -2.15. The van der Waals surface area contributed by atoms with Gasteiger partial charge in [0.15, 0.2) is 5.03 Å². The number of rotatable bonds is 6. The lowest BCUT2D eigenvalue weighted by molar-refractivity contribution is 0.0774. The number of nitrogens with zero attached hydrogens (tertiary/aromatic N) is 4. The summed E-state index contributed by atoms with van der Waals surface area (Å²) in [6.45, 7) is 0.288. The first-order valence-corrected chi connectivity index (χ1v) is 13.7. The van der Waals surface area contributed by atoms with Gasteiger partial charge in [0.05, 0.1) is 12.6 Å². The van der Waals surface area contributed by atoms with Crippen LogP contribution in [0.3, 0.4) is 0 Å². The van der Waals surface area contributed by atoms with Gasteiger partial charge in [-0.1, -0.05) is 12.1 Å². The third-order valence-electron chi connectivity index (χ3n) is 6.52. The van der Waals surface area contributed by atoms with E-state index in [9.17, 15) is 18.0 Å². The van der Waals surface area contributed by atoms with Crippen LogP contribution in [0.25, 0.3) is 0 Å². The van der Waals surface area contributed by atoms with Gasteiger partial charge in [-0.3, -0.25) is 9.48 Å². The monoisotopic (exact) mass is 514 g/mol. The molecule has 3 amide bonds. The Labute approximate surface area is 207 Å². The molecule has 3 aromatic rings. The number of hydrogen-bond acceptors (Lipinski definition) is 7. The van der Waals surface area contributed by atoms with Crippen LogP contribution in [0.1, 0.15) is 56.6 Å². The van der Waals surface area contributed by atoms with Gasteiger partial charge in [0.25, 0.3) is 15.9 Å².